The van der Waals surface area contributed by atoms with Crippen molar-refractivity contribution >= 4 is 18.1 Å². The minimum absolute atomic E-state index is 0.0301. The Hall–Kier alpha value is -2.50. The van der Waals surface area contributed by atoms with E-state index in [1.807, 2.05) is 43.9 Å². The fourth-order valence-corrected chi connectivity index (χ4v) is 3.09. The number of carbonyl (C=O) groups is 2. The summed E-state index contributed by atoms with van der Waals surface area (Å²) in [4.78, 5) is 26.4. The topological polar surface area (TPSA) is 67.9 Å². The highest BCUT2D eigenvalue weighted by molar-refractivity contribution is 5.80. The van der Waals surface area contributed by atoms with E-state index in [0.29, 0.717) is 18.8 Å². The minimum Gasteiger partial charge on any atom is -0.496 e. The molecule has 1 aliphatic rings. The van der Waals surface area contributed by atoms with Gasteiger partial charge in [0.1, 0.15) is 11.4 Å². The molecule has 6 nitrogen and oxygen atoms in total. The first-order valence-electron chi connectivity index (χ1n) is 9.28. The second-order valence-electron chi connectivity index (χ2n) is 7.75. The molecular weight excluding hydrogens is 344 g/mol. The number of rotatable bonds is 5. The van der Waals surface area contributed by atoms with Crippen molar-refractivity contribution < 1.29 is 19.1 Å². The number of hydrogen-bond acceptors (Lipinski definition) is 4. The average molecular weight is 374 g/mol. The molecule has 0 aliphatic carbocycles. The van der Waals surface area contributed by atoms with Crippen molar-refractivity contribution in [3.05, 3.63) is 35.9 Å². The number of nitrogens with one attached hydrogen (secondary N) is 1. The van der Waals surface area contributed by atoms with E-state index in [1.54, 1.807) is 13.2 Å². The highest BCUT2D eigenvalue weighted by atomic mass is 16.6. The van der Waals surface area contributed by atoms with Crippen molar-refractivity contribution in [3.8, 4) is 5.75 Å². The van der Waals surface area contributed by atoms with E-state index < -0.39 is 11.7 Å². The molecule has 0 spiro atoms. The van der Waals surface area contributed by atoms with E-state index in [2.05, 4.69) is 11.9 Å². The monoisotopic (exact) mass is 374 g/mol. The number of carbonyl (C=O) groups excluding carboxylic acids is 2. The van der Waals surface area contributed by atoms with Gasteiger partial charge in [-0.05, 0) is 51.3 Å². The summed E-state index contributed by atoms with van der Waals surface area (Å²) in [7, 11) is 1.60. The van der Waals surface area contributed by atoms with Crippen molar-refractivity contribution in [2.75, 3.05) is 20.2 Å². The Bertz CT molecular complexity index is 686. The number of piperidine rings is 1. The lowest BCUT2D eigenvalue weighted by Crippen LogP contribution is -2.48. The molecule has 0 radical (unpaired) electrons. The van der Waals surface area contributed by atoms with Gasteiger partial charge in [-0.15, -0.1) is 0 Å². The number of amides is 2. The van der Waals surface area contributed by atoms with E-state index in [1.165, 1.54) is 0 Å². The zero-order chi connectivity index (χ0) is 20.0. The molecule has 1 aromatic rings. The Balaban J connectivity index is 1.88. The lowest BCUT2D eigenvalue weighted by Gasteiger charge is -2.33. The zero-order valence-corrected chi connectivity index (χ0v) is 16.7. The molecule has 0 unspecified atom stereocenters. The van der Waals surface area contributed by atoms with Gasteiger partial charge in [0.05, 0.1) is 13.5 Å². The smallest absolute Gasteiger partial charge is 0.407 e. The molecule has 1 fully saturated rings. The number of nitrogens with zero attached hydrogens (tertiary/aromatic N) is 1. The minimum atomic E-state index is -0.514. The summed E-state index contributed by atoms with van der Waals surface area (Å²) in [6, 6.07) is 5.73. The first kappa shape index (κ1) is 20.8. The van der Waals surface area contributed by atoms with Crippen molar-refractivity contribution in [2.45, 2.75) is 51.7 Å². The Morgan fingerprint density at radius 1 is 1.30 bits per heavy atom. The van der Waals surface area contributed by atoms with Crippen molar-refractivity contribution in [2.24, 2.45) is 0 Å². The van der Waals surface area contributed by atoms with Crippen molar-refractivity contribution in [1.82, 2.24) is 10.2 Å². The van der Waals surface area contributed by atoms with Gasteiger partial charge in [-0.3, -0.25) is 4.79 Å². The lowest BCUT2D eigenvalue weighted by molar-refractivity contribution is -0.131. The number of benzene rings is 1. The number of methoxy groups -OCH3 is 1. The van der Waals surface area contributed by atoms with Crippen LogP contribution in [-0.2, 0) is 16.0 Å². The third kappa shape index (κ3) is 6.31. The van der Waals surface area contributed by atoms with Crippen LogP contribution in [0.5, 0.6) is 5.75 Å². The lowest BCUT2D eigenvalue weighted by atomic mass is 10.0. The van der Waals surface area contributed by atoms with Crippen LogP contribution in [0.1, 0.15) is 44.7 Å². The van der Waals surface area contributed by atoms with Crippen LogP contribution in [-0.4, -0.2) is 48.7 Å². The molecule has 1 aromatic carbocycles. The van der Waals surface area contributed by atoms with Gasteiger partial charge < -0.3 is 19.7 Å². The Morgan fingerprint density at radius 2 is 1.96 bits per heavy atom. The van der Waals surface area contributed by atoms with Crippen LogP contribution in [0.15, 0.2) is 24.8 Å². The van der Waals surface area contributed by atoms with Crippen molar-refractivity contribution in [1.29, 1.82) is 0 Å². The van der Waals surface area contributed by atoms with Gasteiger partial charge in [0.15, 0.2) is 0 Å². The van der Waals surface area contributed by atoms with Gasteiger partial charge in [-0.2, -0.15) is 0 Å². The summed E-state index contributed by atoms with van der Waals surface area (Å²) in [6.45, 7) is 10.5. The van der Waals surface area contributed by atoms with Crippen LogP contribution in [0.3, 0.4) is 0 Å². The molecule has 6 heteroatoms. The normalized spacial score (nSPS) is 15.2. The van der Waals surface area contributed by atoms with Crippen LogP contribution in [0.2, 0.25) is 0 Å². The van der Waals surface area contributed by atoms with Gasteiger partial charge in [0, 0.05) is 24.7 Å². The van der Waals surface area contributed by atoms with E-state index in [0.717, 1.165) is 24.0 Å². The number of ether oxygens (including phenoxy) is 2. The summed E-state index contributed by atoms with van der Waals surface area (Å²) < 4.78 is 10.7. The highest BCUT2D eigenvalue weighted by Gasteiger charge is 2.26. The quantitative estimate of drug-likeness (QED) is 0.858. The molecule has 0 saturated carbocycles. The van der Waals surface area contributed by atoms with E-state index >= 15 is 0 Å². The van der Waals surface area contributed by atoms with Crippen LogP contribution in [0.25, 0.3) is 6.08 Å². The molecule has 2 rings (SSSR count). The summed E-state index contributed by atoms with van der Waals surface area (Å²) in [5, 5.41) is 2.89. The Kier molecular flexibility index (Phi) is 6.88. The molecular formula is C21H30N2O4. The van der Waals surface area contributed by atoms with E-state index in [4.69, 9.17) is 9.47 Å². The SMILES string of the molecule is C=Cc1ccc(OC)c(CC(=O)N2CCC(NC(=O)OC(C)(C)C)CC2)c1. The van der Waals surface area contributed by atoms with Crippen LogP contribution in [0.4, 0.5) is 4.79 Å². The Morgan fingerprint density at radius 3 is 2.52 bits per heavy atom. The van der Waals surface area contributed by atoms with Crippen LogP contribution in [0, 0.1) is 0 Å². The van der Waals surface area contributed by atoms with Gasteiger partial charge in [0.25, 0.3) is 0 Å². The molecule has 1 saturated heterocycles. The summed E-state index contributed by atoms with van der Waals surface area (Å²) in [6.07, 6.45) is 3.07. The summed E-state index contributed by atoms with van der Waals surface area (Å²) in [5.74, 6) is 0.764. The molecule has 0 bridgehead atoms. The van der Waals surface area contributed by atoms with E-state index in [-0.39, 0.29) is 18.4 Å². The molecule has 0 atom stereocenters. The fourth-order valence-electron chi connectivity index (χ4n) is 3.09. The van der Waals surface area contributed by atoms with Gasteiger partial charge in [0.2, 0.25) is 5.91 Å². The summed E-state index contributed by atoms with van der Waals surface area (Å²) in [5.41, 5.74) is 1.30. The molecule has 148 valence electrons. The van der Waals surface area contributed by atoms with Gasteiger partial charge >= 0.3 is 6.09 Å². The van der Waals surface area contributed by atoms with Crippen LogP contribution >= 0.6 is 0 Å². The Labute approximate surface area is 161 Å². The number of alkyl carbamates (subject to hydrolysis) is 1. The second kappa shape index (κ2) is 8.93. The molecule has 0 aromatic heterocycles. The predicted octanol–water partition coefficient (Wildman–Crippen LogP) is 3.40. The van der Waals surface area contributed by atoms with E-state index in [9.17, 15) is 9.59 Å². The second-order valence-corrected chi connectivity index (χ2v) is 7.75. The third-order valence-corrected chi connectivity index (χ3v) is 4.45. The number of hydrogen-bond donors (Lipinski definition) is 1. The summed E-state index contributed by atoms with van der Waals surface area (Å²) >= 11 is 0. The number of likely N-dealkylation sites (tertiary alicyclic amines) is 1. The van der Waals surface area contributed by atoms with Crippen molar-refractivity contribution in [3.63, 3.8) is 0 Å². The van der Waals surface area contributed by atoms with Gasteiger partial charge in [-0.25, -0.2) is 4.79 Å². The maximum atomic E-state index is 12.7. The largest absolute Gasteiger partial charge is 0.496 e. The fraction of sp³-hybridized carbons (Fsp3) is 0.524. The first-order chi connectivity index (χ1) is 12.7. The molecule has 27 heavy (non-hydrogen) atoms. The molecule has 1 heterocycles. The standard InChI is InChI=1S/C21H30N2O4/c1-6-15-7-8-18(26-5)16(13-15)14-19(24)23-11-9-17(10-12-23)22-20(25)27-21(2,3)4/h6-8,13,17H,1,9-12,14H2,2-5H3,(H,22,25). The van der Waals surface area contributed by atoms with Crippen LogP contribution < -0.4 is 10.1 Å². The highest BCUT2D eigenvalue weighted by Crippen LogP contribution is 2.22. The van der Waals surface area contributed by atoms with Gasteiger partial charge in [-0.1, -0.05) is 18.7 Å². The third-order valence-electron chi connectivity index (χ3n) is 4.45. The zero-order valence-electron chi connectivity index (χ0n) is 16.7. The molecule has 1 aliphatic heterocycles. The predicted molar refractivity (Wildman–Crippen MR) is 106 cm³/mol. The maximum Gasteiger partial charge on any atom is 0.407 e. The first-order valence-corrected chi connectivity index (χ1v) is 9.28. The average Bonchev–Trinajstić information content (AvgIpc) is 2.60. The molecule has 2 amide bonds. The maximum absolute atomic E-state index is 12.7. The molecule has 1 N–H and O–H groups in total.